The van der Waals surface area contributed by atoms with Gasteiger partial charge in [-0.15, -0.1) is 0 Å². The third-order valence-corrected chi connectivity index (χ3v) is 3.05. The zero-order valence-electron chi connectivity index (χ0n) is 12.4. The molecule has 0 unspecified atom stereocenters. The molecule has 1 aromatic heterocycles. The van der Waals surface area contributed by atoms with Crippen molar-refractivity contribution in [3.63, 3.8) is 0 Å². The molecule has 0 saturated carbocycles. The summed E-state index contributed by atoms with van der Waals surface area (Å²) < 4.78 is 15.2. The molecule has 1 aromatic rings. The first-order chi connectivity index (χ1) is 11.0. The molecule has 2 heterocycles. The maximum absolute atomic E-state index is 12.2. The second-order valence-electron chi connectivity index (χ2n) is 4.36. The average Bonchev–Trinajstić information content (AvgIpc) is 2.90. The Balaban J connectivity index is 2.81. The monoisotopic (exact) mass is 319 g/mol. The smallest absolute Gasteiger partial charge is 0.404 e. The summed E-state index contributed by atoms with van der Waals surface area (Å²) in [6.45, 7) is -0.497. The van der Waals surface area contributed by atoms with Gasteiger partial charge in [-0.2, -0.15) is 4.57 Å². The molecule has 1 aliphatic heterocycles. The van der Waals surface area contributed by atoms with Gasteiger partial charge in [0.15, 0.2) is 18.0 Å². The summed E-state index contributed by atoms with van der Waals surface area (Å²) in [5.41, 5.74) is -1.35. The van der Waals surface area contributed by atoms with E-state index in [0.717, 1.165) is 14.2 Å². The first-order valence-electron chi connectivity index (χ1n) is 6.46. The Hall–Kier alpha value is -3.16. The normalized spacial score (nSPS) is 15.0. The van der Waals surface area contributed by atoms with Gasteiger partial charge >= 0.3 is 23.6 Å². The highest BCUT2D eigenvalue weighted by Gasteiger charge is 2.38. The summed E-state index contributed by atoms with van der Waals surface area (Å²) in [5.74, 6) is -3.65. The molecule has 0 bridgehead atoms. The van der Waals surface area contributed by atoms with Crippen LogP contribution in [0.3, 0.4) is 0 Å². The molecule has 0 amide bonds. The number of pyridine rings is 1. The van der Waals surface area contributed by atoms with Crippen molar-refractivity contribution in [3.8, 4) is 0 Å². The predicted octanol–water partition coefficient (Wildman–Crippen LogP) is -1.30. The highest BCUT2D eigenvalue weighted by molar-refractivity contribution is 6.21. The number of methoxy groups -OCH3 is 2. The quantitative estimate of drug-likeness (QED) is 0.294. The van der Waals surface area contributed by atoms with Crippen LogP contribution in [-0.2, 0) is 28.6 Å². The zero-order chi connectivity index (χ0) is 17.0. The average molecular weight is 319 g/mol. The maximum atomic E-state index is 12.2. The fourth-order valence-electron chi connectivity index (χ4n) is 2.03. The van der Waals surface area contributed by atoms with E-state index in [-0.39, 0.29) is 5.70 Å². The molecule has 0 aliphatic carbocycles. The summed E-state index contributed by atoms with van der Waals surface area (Å²) in [6.07, 6.45) is 2.92. The molecule has 0 atom stereocenters. The third-order valence-electron chi connectivity index (χ3n) is 3.05. The van der Waals surface area contributed by atoms with Gasteiger partial charge in [0, 0.05) is 12.1 Å². The van der Waals surface area contributed by atoms with Crippen molar-refractivity contribution < 1.29 is 38.3 Å². The SMILES string of the molecule is COC(=O)/C(C1=C([O-])COC1=O)=C(/C(=O)OC)[n+]1ccccc1. The molecule has 0 radical (unpaired) electrons. The number of cyclic esters (lactones) is 1. The molecular weight excluding hydrogens is 306 g/mol. The second kappa shape index (κ2) is 6.73. The highest BCUT2D eigenvalue weighted by Crippen LogP contribution is 2.25. The van der Waals surface area contributed by atoms with Crippen molar-refractivity contribution in [2.75, 3.05) is 20.8 Å². The number of carbonyl (C=O) groups excluding carboxylic acids is 3. The van der Waals surface area contributed by atoms with Gasteiger partial charge in [0.25, 0.3) is 0 Å². The van der Waals surface area contributed by atoms with Gasteiger partial charge in [-0.1, -0.05) is 11.8 Å². The summed E-state index contributed by atoms with van der Waals surface area (Å²) in [4.78, 5) is 36.1. The number of esters is 3. The number of hydrogen-bond acceptors (Lipinski definition) is 7. The Labute approximate surface area is 131 Å². The van der Waals surface area contributed by atoms with Crippen molar-refractivity contribution >= 4 is 23.6 Å². The van der Waals surface area contributed by atoms with E-state index in [9.17, 15) is 19.5 Å². The van der Waals surface area contributed by atoms with E-state index in [1.807, 2.05) is 0 Å². The molecule has 120 valence electrons. The van der Waals surface area contributed by atoms with Crippen molar-refractivity contribution in [3.05, 3.63) is 47.5 Å². The summed E-state index contributed by atoms with van der Waals surface area (Å²) in [5, 5.41) is 11.9. The number of rotatable bonds is 4. The Morgan fingerprint density at radius 2 is 1.74 bits per heavy atom. The van der Waals surface area contributed by atoms with Crippen LogP contribution in [0, 0.1) is 0 Å². The van der Waals surface area contributed by atoms with Gasteiger partial charge in [0.05, 0.1) is 19.8 Å². The topological polar surface area (TPSA) is 106 Å². The van der Waals surface area contributed by atoms with Crippen LogP contribution in [0.15, 0.2) is 47.5 Å². The molecule has 2 rings (SSSR count). The number of ether oxygens (including phenoxy) is 3. The Morgan fingerprint density at radius 1 is 1.13 bits per heavy atom. The largest absolute Gasteiger partial charge is 0.873 e. The van der Waals surface area contributed by atoms with Crippen molar-refractivity contribution in [2.24, 2.45) is 0 Å². The molecular formula is C15H13NO7. The fraction of sp³-hybridized carbons (Fsp3) is 0.200. The second-order valence-corrected chi connectivity index (χ2v) is 4.36. The van der Waals surface area contributed by atoms with Crippen LogP contribution in [0.2, 0.25) is 0 Å². The molecule has 8 nitrogen and oxygen atoms in total. The Kier molecular flexibility index (Phi) is 4.75. The van der Waals surface area contributed by atoms with Crippen molar-refractivity contribution in [2.45, 2.75) is 0 Å². The minimum Gasteiger partial charge on any atom is -0.873 e. The van der Waals surface area contributed by atoms with Gasteiger partial charge in [0.1, 0.15) is 6.61 Å². The van der Waals surface area contributed by atoms with Gasteiger partial charge in [-0.05, 0) is 0 Å². The lowest BCUT2D eigenvalue weighted by Gasteiger charge is -2.10. The first kappa shape index (κ1) is 16.2. The number of hydrogen-bond donors (Lipinski definition) is 0. The van der Waals surface area contributed by atoms with Gasteiger partial charge in [0.2, 0.25) is 0 Å². The standard InChI is InChI=1S/C15H13NO7/c1-21-13(18)11(10-9(17)8-23-14(10)19)12(15(20)22-2)16-6-4-3-5-7-16/h3-7H,8H2,1-2H3. The minimum atomic E-state index is -1.02. The van der Waals surface area contributed by atoms with E-state index >= 15 is 0 Å². The number of nitrogens with zero attached hydrogens (tertiary/aromatic N) is 1. The molecule has 8 heteroatoms. The van der Waals surface area contributed by atoms with Crippen molar-refractivity contribution in [1.29, 1.82) is 0 Å². The van der Waals surface area contributed by atoms with Crippen LogP contribution in [0.1, 0.15) is 0 Å². The lowest BCUT2D eigenvalue weighted by atomic mass is 10.0. The highest BCUT2D eigenvalue weighted by atomic mass is 16.6. The summed E-state index contributed by atoms with van der Waals surface area (Å²) in [7, 11) is 2.18. The summed E-state index contributed by atoms with van der Waals surface area (Å²) >= 11 is 0. The predicted molar refractivity (Wildman–Crippen MR) is 71.9 cm³/mol. The Morgan fingerprint density at radius 3 is 2.22 bits per heavy atom. The van der Waals surface area contributed by atoms with Gasteiger partial charge in [-0.3, -0.25) is 0 Å². The maximum Gasteiger partial charge on any atom is 0.404 e. The van der Waals surface area contributed by atoms with E-state index < -0.39 is 41.4 Å². The molecule has 0 N–H and O–H groups in total. The number of aromatic nitrogens is 1. The lowest BCUT2D eigenvalue weighted by Crippen LogP contribution is -2.39. The van der Waals surface area contributed by atoms with E-state index in [4.69, 9.17) is 0 Å². The minimum absolute atomic E-state index is 0.317. The van der Waals surface area contributed by atoms with E-state index in [2.05, 4.69) is 14.2 Å². The van der Waals surface area contributed by atoms with Crippen LogP contribution in [-0.4, -0.2) is 38.7 Å². The molecule has 0 spiro atoms. The fourth-order valence-corrected chi connectivity index (χ4v) is 2.03. The van der Waals surface area contributed by atoms with E-state index in [0.29, 0.717) is 0 Å². The zero-order valence-corrected chi connectivity index (χ0v) is 12.4. The molecule has 0 fully saturated rings. The van der Waals surface area contributed by atoms with E-state index in [1.165, 1.54) is 17.0 Å². The number of carbonyl (C=O) groups is 3. The molecule has 23 heavy (non-hydrogen) atoms. The lowest BCUT2D eigenvalue weighted by molar-refractivity contribution is -0.578. The van der Waals surface area contributed by atoms with Crippen LogP contribution in [0.5, 0.6) is 0 Å². The van der Waals surface area contributed by atoms with E-state index in [1.54, 1.807) is 18.2 Å². The third kappa shape index (κ3) is 3.05. The molecule has 0 saturated heterocycles. The van der Waals surface area contributed by atoms with Crippen LogP contribution in [0.4, 0.5) is 0 Å². The molecule has 0 aromatic carbocycles. The first-order valence-corrected chi connectivity index (χ1v) is 6.46. The van der Waals surface area contributed by atoms with Crippen molar-refractivity contribution in [1.82, 2.24) is 0 Å². The summed E-state index contributed by atoms with van der Waals surface area (Å²) in [6, 6.07) is 4.87. The molecule has 1 aliphatic rings. The van der Waals surface area contributed by atoms with Crippen LogP contribution >= 0.6 is 0 Å². The van der Waals surface area contributed by atoms with Gasteiger partial charge in [-0.25, -0.2) is 14.4 Å². The van der Waals surface area contributed by atoms with Gasteiger partial charge < -0.3 is 19.3 Å². The van der Waals surface area contributed by atoms with Crippen LogP contribution in [0.25, 0.3) is 5.70 Å². The Bertz CT molecular complexity index is 719. The van der Waals surface area contributed by atoms with Crippen LogP contribution < -0.4 is 9.67 Å².